The summed E-state index contributed by atoms with van der Waals surface area (Å²) in [5.41, 5.74) is 6.61. The molecule has 0 saturated heterocycles. The highest BCUT2D eigenvalue weighted by Gasteiger charge is 2.15. The van der Waals surface area contributed by atoms with Gasteiger partial charge in [-0.1, -0.05) is 0 Å². The lowest BCUT2D eigenvalue weighted by molar-refractivity contribution is -0.141. The summed E-state index contributed by atoms with van der Waals surface area (Å²) in [6, 6.07) is 1.43. The van der Waals surface area contributed by atoms with Crippen molar-refractivity contribution >= 4 is 5.97 Å². The molecule has 0 radical (unpaired) electrons. The van der Waals surface area contributed by atoms with Crippen LogP contribution in [0.3, 0.4) is 0 Å². The van der Waals surface area contributed by atoms with Crippen LogP contribution in [0, 0.1) is 6.92 Å². The molecular weight excluding hydrogens is 170 g/mol. The van der Waals surface area contributed by atoms with Crippen molar-refractivity contribution in [3.8, 4) is 0 Å². The molecule has 0 aromatic carbocycles. The van der Waals surface area contributed by atoms with Crippen molar-refractivity contribution in [2.75, 3.05) is 7.11 Å². The predicted octanol–water partition coefficient (Wildman–Crippen LogP) is 1.15. The predicted molar refractivity (Wildman–Crippen MR) is 47.0 cm³/mol. The molecule has 1 heterocycles. The maximum Gasteiger partial charge on any atom is 0.307 e. The summed E-state index contributed by atoms with van der Waals surface area (Å²) in [6.07, 6.45) is 1.73. The Labute approximate surface area is 76.7 Å². The topological polar surface area (TPSA) is 65.5 Å². The highest BCUT2D eigenvalue weighted by atomic mass is 16.5. The molecule has 0 aliphatic rings. The lowest BCUT2D eigenvalue weighted by atomic mass is 10.1. The van der Waals surface area contributed by atoms with Gasteiger partial charge in [0.15, 0.2) is 0 Å². The van der Waals surface area contributed by atoms with E-state index < -0.39 is 0 Å². The quantitative estimate of drug-likeness (QED) is 0.714. The van der Waals surface area contributed by atoms with E-state index >= 15 is 0 Å². The molecule has 1 atom stereocenters. The molecule has 72 valence electrons. The van der Waals surface area contributed by atoms with Gasteiger partial charge in [0.05, 0.1) is 19.8 Å². The van der Waals surface area contributed by atoms with E-state index in [1.54, 1.807) is 12.3 Å². The maximum atomic E-state index is 10.9. The molecule has 2 N–H and O–H groups in total. The zero-order valence-corrected chi connectivity index (χ0v) is 7.74. The van der Waals surface area contributed by atoms with Gasteiger partial charge in [0.1, 0.15) is 5.76 Å². The van der Waals surface area contributed by atoms with E-state index in [1.807, 2.05) is 6.92 Å². The van der Waals surface area contributed by atoms with Crippen molar-refractivity contribution in [2.45, 2.75) is 19.4 Å². The first-order valence-corrected chi connectivity index (χ1v) is 4.01. The second kappa shape index (κ2) is 4.09. The number of nitrogens with two attached hydrogens (primary N) is 1. The molecule has 0 saturated carbocycles. The molecule has 1 aromatic rings. The van der Waals surface area contributed by atoms with Crippen LogP contribution in [-0.2, 0) is 9.53 Å². The third-order valence-corrected chi connectivity index (χ3v) is 1.91. The number of ether oxygens (including phenoxy) is 1. The first-order chi connectivity index (χ1) is 6.15. The molecule has 4 nitrogen and oxygen atoms in total. The Morgan fingerprint density at radius 3 is 2.92 bits per heavy atom. The first-order valence-electron chi connectivity index (χ1n) is 4.01. The second-order valence-electron chi connectivity index (χ2n) is 2.82. The fourth-order valence-corrected chi connectivity index (χ4v) is 1.15. The minimum absolute atomic E-state index is 0.177. The molecule has 0 aliphatic carbocycles. The number of hydrogen-bond donors (Lipinski definition) is 1. The van der Waals surface area contributed by atoms with E-state index in [0.717, 1.165) is 11.3 Å². The summed E-state index contributed by atoms with van der Waals surface area (Å²) in [6.45, 7) is 1.81. The summed E-state index contributed by atoms with van der Waals surface area (Å²) in [5.74, 6) is 0.435. The summed E-state index contributed by atoms with van der Waals surface area (Å²) >= 11 is 0. The third-order valence-electron chi connectivity index (χ3n) is 1.91. The zero-order valence-electron chi connectivity index (χ0n) is 7.74. The average molecular weight is 183 g/mol. The fraction of sp³-hybridized carbons (Fsp3) is 0.444. The van der Waals surface area contributed by atoms with Crippen LogP contribution in [0.25, 0.3) is 0 Å². The van der Waals surface area contributed by atoms with E-state index in [2.05, 4.69) is 4.74 Å². The van der Waals surface area contributed by atoms with E-state index in [-0.39, 0.29) is 18.4 Å². The molecule has 0 amide bonds. The number of furan rings is 1. The molecule has 4 heteroatoms. The monoisotopic (exact) mass is 183 g/mol. The van der Waals surface area contributed by atoms with Gasteiger partial charge in [0.25, 0.3) is 0 Å². The Morgan fingerprint density at radius 1 is 1.77 bits per heavy atom. The van der Waals surface area contributed by atoms with Gasteiger partial charge in [-0.15, -0.1) is 0 Å². The van der Waals surface area contributed by atoms with Crippen LogP contribution in [0.5, 0.6) is 0 Å². The average Bonchev–Trinajstić information content (AvgIpc) is 2.51. The SMILES string of the molecule is COC(=O)C[C@@H](N)c1ccoc1C. The van der Waals surface area contributed by atoms with Gasteiger partial charge in [0.2, 0.25) is 0 Å². The number of hydrogen-bond acceptors (Lipinski definition) is 4. The number of carbonyl (C=O) groups is 1. The Hall–Kier alpha value is -1.29. The van der Waals surface area contributed by atoms with Crippen molar-refractivity contribution in [3.05, 3.63) is 23.7 Å². The van der Waals surface area contributed by atoms with Gasteiger partial charge >= 0.3 is 5.97 Å². The van der Waals surface area contributed by atoms with Crippen LogP contribution in [0.2, 0.25) is 0 Å². The van der Waals surface area contributed by atoms with Crippen molar-refractivity contribution in [1.29, 1.82) is 0 Å². The van der Waals surface area contributed by atoms with Crippen LogP contribution >= 0.6 is 0 Å². The third kappa shape index (κ3) is 2.32. The van der Waals surface area contributed by atoms with Gasteiger partial charge in [-0.2, -0.15) is 0 Å². The highest BCUT2D eigenvalue weighted by molar-refractivity contribution is 5.70. The second-order valence-corrected chi connectivity index (χ2v) is 2.82. The largest absolute Gasteiger partial charge is 0.469 e. The van der Waals surface area contributed by atoms with Gasteiger partial charge in [-0.25, -0.2) is 0 Å². The van der Waals surface area contributed by atoms with E-state index in [4.69, 9.17) is 10.2 Å². The zero-order chi connectivity index (χ0) is 9.84. The molecule has 0 fully saturated rings. The van der Waals surface area contributed by atoms with Crippen molar-refractivity contribution in [1.82, 2.24) is 0 Å². The van der Waals surface area contributed by atoms with Crippen LogP contribution in [0.15, 0.2) is 16.7 Å². The number of aryl methyl sites for hydroxylation is 1. The molecule has 0 aliphatic heterocycles. The molecule has 1 aromatic heterocycles. The van der Waals surface area contributed by atoms with Crippen LogP contribution < -0.4 is 5.73 Å². The molecule has 13 heavy (non-hydrogen) atoms. The van der Waals surface area contributed by atoms with Crippen LogP contribution in [0.1, 0.15) is 23.8 Å². The number of rotatable bonds is 3. The van der Waals surface area contributed by atoms with Gasteiger partial charge in [0, 0.05) is 11.6 Å². The summed E-state index contributed by atoms with van der Waals surface area (Å²) in [7, 11) is 1.34. The van der Waals surface area contributed by atoms with E-state index in [9.17, 15) is 4.79 Å². The van der Waals surface area contributed by atoms with Crippen molar-refractivity contribution < 1.29 is 13.9 Å². The molecule has 0 spiro atoms. The lowest BCUT2D eigenvalue weighted by Crippen LogP contribution is -2.16. The Morgan fingerprint density at radius 2 is 2.46 bits per heavy atom. The minimum atomic E-state index is -0.341. The van der Waals surface area contributed by atoms with Crippen LogP contribution in [-0.4, -0.2) is 13.1 Å². The maximum absolute atomic E-state index is 10.9. The van der Waals surface area contributed by atoms with Crippen molar-refractivity contribution in [3.63, 3.8) is 0 Å². The van der Waals surface area contributed by atoms with Gasteiger partial charge in [-0.3, -0.25) is 4.79 Å². The minimum Gasteiger partial charge on any atom is -0.469 e. The first kappa shape index (κ1) is 9.80. The van der Waals surface area contributed by atoms with E-state index in [0.29, 0.717) is 0 Å². The normalized spacial score (nSPS) is 12.5. The van der Waals surface area contributed by atoms with Gasteiger partial charge < -0.3 is 14.9 Å². The van der Waals surface area contributed by atoms with Gasteiger partial charge in [-0.05, 0) is 13.0 Å². The van der Waals surface area contributed by atoms with Crippen LogP contribution in [0.4, 0.5) is 0 Å². The smallest absolute Gasteiger partial charge is 0.307 e. The van der Waals surface area contributed by atoms with Crippen molar-refractivity contribution in [2.24, 2.45) is 5.73 Å². The lowest BCUT2D eigenvalue weighted by Gasteiger charge is -2.08. The molecule has 1 rings (SSSR count). The summed E-state index contributed by atoms with van der Waals surface area (Å²) in [4.78, 5) is 10.9. The highest BCUT2D eigenvalue weighted by Crippen LogP contribution is 2.19. The standard InChI is InChI=1S/C9H13NO3/c1-6-7(3-4-13-6)8(10)5-9(11)12-2/h3-4,8H,5,10H2,1-2H3/t8-/m1/s1. The molecule has 0 bridgehead atoms. The Kier molecular flexibility index (Phi) is 3.08. The summed E-state index contributed by atoms with van der Waals surface area (Å²) in [5, 5.41) is 0. The Balaban J connectivity index is 2.63. The number of carbonyl (C=O) groups excluding carboxylic acids is 1. The number of methoxy groups -OCH3 is 1. The molecular formula is C9H13NO3. The summed E-state index contributed by atoms with van der Waals surface area (Å²) < 4.78 is 9.58. The molecule has 0 unspecified atom stereocenters. The fourth-order valence-electron chi connectivity index (χ4n) is 1.15. The van der Waals surface area contributed by atoms with E-state index in [1.165, 1.54) is 7.11 Å². The number of esters is 1. The Bertz CT molecular complexity index is 293.